The van der Waals surface area contributed by atoms with Crippen molar-refractivity contribution in [1.29, 1.82) is 0 Å². The molecular formula is C21H19N3O2S. The summed E-state index contributed by atoms with van der Waals surface area (Å²) in [7, 11) is 0. The molecule has 6 heteroatoms. The van der Waals surface area contributed by atoms with Crippen LogP contribution in [-0.2, 0) is 11.3 Å². The number of ether oxygens (including phenoxy) is 1. The van der Waals surface area contributed by atoms with Crippen LogP contribution in [0.1, 0.15) is 12.5 Å². The molecule has 2 heterocycles. The summed E-state index contributed by atoms with van der Waals surface area (Å²) in [6.45, 7) is 3.34. The van der Waals surface area contributed by atoms with E-state index in [0.717, 1.165) is 37.7 Å². The number of phenolic OH excluding ortho intramolecular Hbond substituents is 1. The topological polar surface area (TPSA) is 67.3 Å². The summed E-state index contributed by atoms with van der Waals surface area (Å²) < 4.78 is 6.43. The summed E-state index contributed by atoms with van der Waals surface area (Å²) in [5, 5.41) is 12.9. The first kappa shape index (κ1) is 17.5. The quantitative estimate of drug-likeness (QED) is 0.474. The fourth-order valence-electron chi connectivity index (χ4n) is 2.79. The molecule has 0 saturated carbocycles. The fraction of sp³-hybridized carbons (Fsp3) is 0.143. The minimum atomic E-state index is 0.212. The average Bonchev–Trinajstić information content (AvgIpc) is 3.12. The standard InChI is InChI=1S/C21H19N3O2S/c1-2-26-12-14-6-8-15(9-7-14)19-11-18-20(27-19)21(23-13-22-18)24-16-4-3-5-17(25)10-16/h3-11,13,25H,2,12H2,1H3,(H,22,23,24). The molecule has 4 rings (SSSR count). The van der Waals surface area contributed by atoms with Crippen molar-refractivity contribution >= 4 is 33.1 Å². The summed E-state index contributed by atoms with van der Waals surface area (Å²) >= 11 is 1.64. The normalized spacial score (nSPS) is 11.0. The molecule has 0 bridgehead atoms. The Morgan fingerprint density at radius 2 is 1.93 bits per heavy atom. The summed E-state index contributed by atoms with van der Waals surface area (Å²) in [5.41, 5.74) is 3.98. The van der Waals surface area contributed by atoms with Crippen LogP contribution in [0.15, 0.2) is 60.9 Å². The van der Waals surface area contributed by atoms with Crippen molar-refractivity contribution in [2.75, 3.05) is 11.9 Å². The molecule has 5 nitrogen and oxygen atoms in total. The maximum atomic E-state index is 9.65. The van der Waals surface area contributed by atoms with Crippen LogP contribution >= 0.6 is 11.3 Å². The van der Waals surface area contributed by atoms with Gasteiger partial charge >= 0.3 is 0 Å². The van der Waals surface area contributed by atoms with Crippen molar-refractivity contribution in [3.05, 3.63) is 66.5 Å². The molecule has 0 fully saturated rings. The maximum Gasteiger partial charge on any atom is 0.151 e. The molecule has 2 aromatic carbocycles. The van der Waals surface area contributed by atoms with Gasteiger partial charge in [-0.05, 0) is 36.2 Å². The van der Waals surface area contributed by atoms with E-state index >= 15 is 0 Å². The second-order valence-electron chi connectivity index (χ2n) is 6.06. The van der Waals surface area contributed by atoms with Crippen molar-refractivity contribution in [3.8, 4) is 16.2 Å². The van der Waals surface area contributed by atoms with E-state index in [4.69, 9.17) is 4.74 Å². The molecule has 4 aromatic rings. The number of benzene rings is 2. The molecule has 136 valence electrons. The lowest BCUT2D eigenvalue weighted by atomic mass is 10.1. The Bertz CT molecular complexity index is 1060. The van der Waals surface area contributed by atoms with Gasteiger partial charge < -0.3 is 15.2 Å². The Labute approximate surface area is 161 Å². The summed E-state index contributed by atoms with van der Waals surface area (Å²) in [6, 6.07) is 17.5. The number of rotatable bonds is 6. The third-order valence-corrected chi connectivity index (χ3v) is 5.31. The summed E-state index contributed by atoms with van der Waals surface area (Å²) in [4.78, 5) is 9.90. The molecule has 0 aliphatic rings. The van der Waals surface area contributed by atoms with Gasteiger partial charge in [-0.3, -0.25) is 0 Å². The third kappa shape index (κ3) is 3.92. The van der Waals surface area contributed by atoms with Crippen LogP contribution in [0.4, 0.5) is 11.5 Å². The van der Waals surface area contributed by atoms with Crippen LogP contribution in [0.25, 0.3) is 20.7 Å². The molecule has 0 aliphatic carbocycles. The van der Waals surface area contributed by atoms with Crippen molar-refractivity contribution in [2.45, 2.75) is 13.5 Å². The van der Waals surface area contributed by atoms with Gasteiger partial charge in [-0.25, -0.2) is 9.97 Å². The fourth-order valence-corrected chi connectivity index (χ4v) is 3.85. The number of aromatic nitrogens is 2. The van der Waals surface area contributed by atoms with Gasteiger partial charge in [0.1, 0.15) is 12.1 Å². The third-order valence-electron chi connectivity index (χ3n) is 4.13. The first-order valence-electron chi connectivity index (χ1n) is 8.70. The van der Waals surface area contributed by atoms with Crippen molar-refractivity contribution in [2.24, 2.45) is 0 Å². The SMILES string of the molecule is CCOCc1ccc(-c2cc3ncnc(Nc4cccc(O)c4)c3s2)cc1. The first-order valence-corrected chi connectivity index (χ1v) is 9.52. The van der Waals surface area contributed by atoms with E-state index in [9.17, 15) is 5.11 Å². The lowest BCUT2D eigenvalue weighted by Gasteiger charge is -2.06. The number of hydrogen-bond donors (Lipinski definition) is 2. The smallest absolute Gasteiger partial charge is 0.151 e. The number of anilines is 2. The zero-order valence-electron chi connectivity index (χ0n) is 14.8. The predicted octanol–water partition coefficient (Wildman–Crippen LogP) is 5.34. The monoisotopic (exact) mass is 377 g/mol. The number of fused-ring (bicyclic) bond motifs is 1. The summed E-state index contributed by atoms with van der Waals surface area (Å²) in [5.74, 6) is 0.944. The van der Waals surface area contributed by atoms with Crippen molar-refractivity contribution in [1.82, 2.24) is 9.97 Å². The van der Waals surface area contributed by atoms with Crippen LogP contribution in [0.5, 0.6) is 5.75 Å². The number of phenols is 1. The Morgan fingerprint density at radius 3 is 2.70 bits per heavy atom. The number of nitrogens with one attached hydrogen (secondary N) is 1. The van der Waals surface area contributed by atoms with E-state index in [1.165, 1.54) is 0 Å². The van der Waals surface area contributed by atoms with Crippen molar-refractivity contribution < 1.29 is 9.84 Å². The molecule has 0 saturated heterocycles. The molecular weight excluding hydrogens is 358 g/mol. The van der Waals surface area contributed by atoms with Gasteiger partial charge in [-0.1, -0.05) is 30.3 Å². The molecule has 2 N–H and O–H groups in total. The molecule has 0 spiro atoms. The van der Waals surface area contributed by atoms with Crippen LogP contribution in [0, 0.1) is 0 Å². The van der Waals surface area contributed by atoms with Gasteiger partial charge in [0, 0.05) is 23.2 Å². The van der Waals surface area contributed by atoms with E-state index in [-0.39, 0.29) is 5.75 Å². The van der Waals surface area contributed by atoms with Crippen LogP contribution in [0.2, 0.25) is 0 Å². The average molecular weight is 377 g/mol. The highest BCUT2D eigenvalue weighted by Crippen LogP contribution is 2.36. The van der Waals surface area contributed by atoms with Crippen LogP contribution in [-0.4, -0.2) is 21.7 Å². The summed E-state index contributed by atoms with van der Waals surface area (Å²) in [6.07, 6.45) is 1.55. The van der Waals surface area contributed by atoms with E-state index in [0.29, 0.717) is 13.2 Å². The number of thiophene rings is 1. The maximum absolute atomic E-state index is 9.65. The Kier molecular flexibility index (Phi) is 5.00. The van der Waals surface area contributed by atoms with Crippen LogP contribution in [0.3, 0.4) is 0 Å². The minimum Gasteiger partial charge on any atom is -0.508 e. The number of aromatic hydroxyl groups is 1. The molecule has 2 aromatic heterocycles. The largest absolute Gasteiger partial charge is 0.508 e. The van der Waals surface area contributed by atoms with Gasteiger partial charge in [0.25, 0.3) is 0 Å². The van der Waals surface area contributed by atoms with E-state index in [1.54, 1.807) is 35.9 Å². The van der Waals surface area contributed by atoms with Crippen LogP contribution < -0.4 is 5.32 Å². The molecule has 0 amide bonds. The first-order chi connectivity index (χ1) is 13.2. The second kappa shape index (κ2) is 7.73. The van der Waals surface area contributed by atoms with Gasteiger partial charge in [0.05, 0.1) is 16.8 Å². The highest BCUT2D eigenvalue weighted by Gasteiger charge is 2.11. The van der Waals surface area contributed by atoms with Gasteiger partial charge in [-0.2, -0.15) is 0 Å². The predicted molar refractivity (Wildman–Crippen MR) is 110 cm³/mol. The Hall–Kier alpha value is -2.96. The number of nitrogens with zero attached hydrogens (tertiary/aromatic N) is 2. The van der Waals surface area contributed by atoms with Gasteiger partial charge in [0.2, 0.25) is 0 Å². The second-order valence-corrected chi connectivity index (χ2v) is 7.11. The highest BCUT2D eigenvalue weighted by atomic mass is 32.1. The van der Waals surface area contributed by atoms with Crippen molar-refractivity contribution in [3.63, 3.8) is 0 Å². The Balaban J connectivity index is 1.64. The molecule has 0 unspecified atom stereocenters. The van der Waals surface area contributed by atoms with E-state index in [1.807, 2.05) is 13.0 Å². The Morgan fingerprint density at radius 1 is 1.07 bits per heavy atom. The van der Waals surface area contributed by atoms with E-state index in [2.05, 4.69) is 45.6 Å². The highest BCUT2D eigenvalue weighted by molar-refractivity contribution is 7.22. The van der Waals surface area contributed by atoms with E-state index < -0.39 is 0 Å². The molecule has 0 aliphatic heterocycles. The lowest BCUT2D eigenvalue weighted by Crippen LogP contribution is -1.93. The number of hydrogen-bond acceptors (Lipinski definition) is 6. The lowest BCUT2D eigenvalue weighted by molar-refractivity contribution is 0.134. The molecule has 0 atom stereocenters. The molecule has 27 heavy (non-hydrogen) atoms. The zero-order chi connectivity index (χ0) is 18.6. The zero-order valence-corrected chi connectivity index (χ0v) is 15.7. The van der Waals surface area contributed by atoms with Gasteiger partial charge in [-0.15, -0.1) is 11.3 Å². The van der Waals surface area contributed by atoms with Gasteiger partial charge in [0.15, 0.2) is 5.82 Å². The minimum absolute atomic E-state index is 0.212. The molecule has 0 radical (unpaired) electrons.